The van der Waals surface area contributed by atoms with Crippen LogP contribution >= 0.6 is 0 Å². The number of nitrogens with one attached hydrogen (secondary N) is 1. The number of H-pyrrole nitrogens is 1. The van der Waals surface area contributed by atoms with Crippen LogP contribution in [0.4, 0.5) is 5.69 Å². The number of hydrogen-bond acceptors (Lipinski definition) is 5. The van der Waals surface area contributed by atoms with Crippen molar-refractivity contribution in [3.63, 3.8) is 0 Å². The lowest BCUT2D eigenvalue weighted by atomic mass is 10.1. The van der Waals surface area contributed by atoms with Gasteiger partial charge in [0.25, 0.3) is 5.56 Å². The van der Waals surface area contributed by atoms with Crippen LogP contribution in [0.1, 0.15) is 23.7 Å². The first-order chi connectivity index (χ1) is 12.6. The molecule has 0 aliphatic heterocycles. The molecule has 0 radical (unpaired) electrons. The highest BCUT2D eigenvalue weighted by molar-refractivity contribution is 6.00. The van der Waals surface area contributed by atoms with Crippen molar-refractivity contribution in [1.29, 1.82) is 5.26 Å². The number of rotatable bonds is 4. The van der Waals surface area contributed by atoms with Crippen molar-refractivity contribution >= 4 is 11.4 Å². The number of ether oxygens (including phenoxy) is 1. The van der Waals surface area contributed by atoms with E-state index in [0.717, 1.165) is 5.56 Å². The summed E-state index contributed by atoms with van der Waals surface area (Å²) < 4.78 is 5.76. The Kier molecular flexibility index (Phi) is 4.90. The zero-order chi connectivity index (χ0) is 18.5. The quantitative estimate of drug-likeness (QED) is 0.727. The van der Waals surface area contributed by atoms with Gasteiger partial charge in [-0.2, -0.15) is 5.26 Å². The van der Waals surface area contributed by atoms with E-state index in [1.807, 2.05) is 30.3 Å². The zero-order valence-electron chi connectivity index (χ0n) is 14.4. The Morgan fingerprint density at radius 2 is 2.00 bits per heavy atom. The lowest BCUT2D eigenvalue weighted by Crippen LogP contribution is -2.08. The molecule has 1 N–H and O–H groups in total. The fraction of sp³-hybridized carbons (Fsp3) is 0.100. The zero-order valence-corrected chi connectivity index (χ0v) is 14.4. The van der Waals surface area contributed by atoms with Crippen LogP contribution in [0.2, 0.25) is 0 Å². The molecule has 0 saturated carbocycles. The van der Waals surface area contributed by atoms with E-state index < -0.39 is 0 Å². The molecule has 6 heteroatoms. The molecule has 6 nitrogen and oxygen atoms in total. The minimum atomic E-state index is -0.304. The van der Waals surface area contributed by atoms with Gasteiger partial charge in [-0.05, 0) is 49.7 Å². The number of aromatic nitrogens is 2. The van der Waals surface area contributed by atoms with Crippen LogP contribution < -0.4 is 10.3 Å². The van der Waals surface area contributed by atoms with Crippen LogP contribution in [0.5, 0.6) is 11.5 Å². The van der Waals surface area contributed by atoms with Gasteiger partial charge >= 0.3 is 0 Å². The number of aryl methyl sites for hydroxylation is 1. The highest BCUT2D eigenvalue weighted by Crippen LogP contribution is 2.26. The summed E-state index contributed by atoms with van der Waals surface area (Å²) in [5, 5.41) is 9.45. The van der Waals surface area contributed by atoms with Gasteiger partial charge in [0, 0.05) is 5.71 Å². The molecule has 3 aromatic rings. The third-order valence-electron chi connectivity index (χ3n) is 3.78. The SMILES string of the molecule is CC(=Nc1c(C)nc[nH]c1=O)c1ccc(Oc2ccccc2)c(C#N)c1. The summed E-state index contributed by atoms with van der Waals surface area (Å²) in [6.45, 7) is 3.50. The maximum absolute atomic E-state index is 11.9. The van der Waals surface area contributed by atoms with Crippen LogP contribution in [-0.2, 0) is 0 Å². The first kappa shape index (κ1) is 17.1. The number of aromatic amines is 1. The lowest BCUT2D eigenvalue weighted by molar-refractivity contribution is 0.481. The number of benzene rings is 2. The second-order valence-corrected chi connectivity index (χ2v) is 5.60. The van der Waals surface area contributed by atoms with Crippen molar-refractivity contribution in [1.82, 2.24) is 9.97 Å². The Hall–Kier alpha value is -3.72. The molecule has 0 saturated heterocycles. The standard InChI is InChI=1S/C20H16N4O2/c1-13(24-19-14(2)22-12-23-20(19)25)15-8-9-18(16(10-15)11-21)26-17-6-4-3-5-7-17/h3-10,12H,1-2H3,(H,22,23,25). The molecule has 0 spiro atoms. The van der Waals surface area contributed by atoms with E-state index in [1.165, 1.54) is 6.33 Å². The minimum absolute atomic E-state index is 0.258. The molecule has 0 unspecified atom stereocenters. The third kappa shape index (κ3) is 3.68. The van der Waals surface area contributed by atoms with Crippen molar-refractivity contribution in [3.05, 3.63) is 82.0 Å². The molecule has 0 amide bonds. The predicted octanol–water partition coefficient (Wildman–Crippen LogP) is 3.88. The van der Waals surface area contributed by atoms with Crippen molar-refractivity contribution in [2.24, 2.45) is 4.99 Å². The summed E-state index contributed by atoms with van der Waals surface area (Å²) >= 11 is 0. The van der Waals surface area contributed by atoms with E-state index in [2.05, 4.69) is 21.0 Å². The maximum atomic E-state index is 11.9. The lowest BCUT2D eigenvalue weighted by Gasteiger charge is -2.09. The van der Waals surface area contributed by atoms with Crippen LogP contribution in [0.3, 0.4) is 0 Å². The molecule has 128 valence electrons. The molecule has 0 atom stereocenters. The smallest absolute Gasteiger partial charge is 0.276 e. The first-order valence-corrected chi connectivity index (χ1v) is 7.95. The highest BCUT2D eigenvalue weighted by Gasteiger charge is 2.10. The normalized spacial score (nSPS) is 11.0. The Morgan fingerprint density at radius 1 is 1.23 bits per heavy atom. The van der Waals surface area contributed by atoms with Gasteiger partial charge in [-0.3, -0.25) is 4.79 Å². The summed E-state index contributed by atoms with van der Waals surface area (Å²) in [4.78, 5) is 22.8. The van der Waals surface area contributed by atoms with Crippen LogP contribution in [-0.4, -0.2) is 15.7 Å². The van der Waals surface area contributed by atoms with Crippen molar-refractivity contribution in [2.75, 3.05) is 0 Å². The monoisotopic (exact) mass is 344 g/mol. The van der Waals surface area contributed by atoms with E-state index in [9.17, 15) is 10.1 Å². The van der Waals surface area contributed by atoms with E-state index in [4.69, 9.17) is 4.74 Å². The summed E-state index contributed by atoms with van der Waals surface area (Å²) in [7, 11) is 0. The summed E-state index contributed by atoms with van der Waals surface area (Å²) in [6, 6.07) is 16.6. The molecule has 0 bridgehead atoms. The molecular weight excluding hydrogens is 328 g/mol. The van der Waals surface area contributed by atoms with Crippen molar-refractivity contribution in [2.45, 2.75) is 13.8 Å². The predicted molar refractivity (Wildman–Crippen MR) is 99.1 cm³/mol. The largest absolute Gasteiger partial charge is 0.456 e. The number of para-hydroxylation sites is 1. The van der Waals surface area contributed by atoms with E-state index in [0.29, 0.717) is 28.5 Å². The average molecular weight is 344 g/mol. The van der Waals surface area contributed by atoms with Gasteiger partial charge in [0.1, 0.15) is 23.3 Å². The molecular formula is C20H16N4O2. The Morgan fingerprint density at radius 3 is 2.69 bits per heavy atom. The number of aliphatic imine (C=N–C) groups is 1. The molecule has 1 heterocycles. The van der Waals surface area contributed by atoms with Gasteiger partial charge in [-0.25, -0.2) is 9.98 Å². The van der Waals surface area contributed by atoms with Gasteiger partial charge in [0.15, 0.2) is 0 Å². The molecule has 1 aromatic heterocycles. The fourth-order valence-corrected chi connectivity index (χ4v) is 2.39. The first-order valence-electron chi connectivity index (χ1n) is 7.95. The molecule has 3 rings (SSSR count). The molecule has 0 aliphatic rings. The van der Waals surface area contributed by atoms with Gasteiger partial charge < -0.3 is 9.72 Å². The van der Waals surface area contributed by atoms with Gasteiger partial charge in [0.05, 0.1) is 17.6 Å². The second-order valence-electron chi connectivity index (χ2n) is 5.60. The second kappa shape index (κ2) is 7.45. The Labute approximate surface area is 150 Å². The van der Waals surface area contributed by atoms with E-state index in [1.54, 1.807) is 32.0 Å². The number of nitrogens with zero attached hydrogens (tertiary/aromatic N) is 3. The maximum Gasteiger partial charge on any atom is 0.276 e. The van der Waals surface area contributed by atoms with Crippen molar-refractivity contribution < 1.29 is 4.74 Å². The van der Waals surface area contributed by atoms with Crippen LogP contribution in [0.25, 0.3) is 0 Å². The molecule has 0 fully saturated rings. The topological polar surface area (TPSA) is 91.1 Å². The number of hydrogen-bond donors (Lipinski definition) is 1. The van der Waals surface area contributed by atoms with Gasteiger partial charge in [0.2, 0.25) is 0 Å². The summed E-state index contributed by atoms with van der Waals surface area (Å²) in [6.07, 6.45) is 1.34. The van der Waals surface area contributed by atoms with E-state index >= 15 is 0 Å². The Bertz CT molecular complexity index is 1060. The highest BCUT2D eigenvalue weighted by atomic mass is 16.5. The summed E-state index contributed by atoms with van der Waals surface area (Å²) in [5.41, 5.74) is 2.21. The van der Waals surface area contributed by atoms with Gasteiger partial charge in [-0.1, -0.05) is 18.2 Å². The van der Waals surface area contributed by atoms with E-state index in [-0.39, 0.29) is 11.2 Å². The Balaban J connectivity index is 1.95. The van der Waals surface area contributed by atoms with Crippen LogP contribution in [0, 0.1) is 18.3 Å². The average Bonchev–Trinajstić information content (AvgIpc) is 2.66. The molecule has 2 aromatic carbocycles. The number of nitriles is 1. The molecule has 26 heavy (non-hydrogen) atoms. The third-order valence-corrected chi connectivity index (χ3v) is 3.78. The van der Waals surface area contributed by atoms with Gasteiger partial charge in [-0.15, -0.1) is 0 Å². The fourth-order valence-electron chi connectivity index (χ4n) is 2.39. The minimum Gasteiger partial charge on any atom is -0.456 e. The summed E-state index contributed by atoms with van der Waals surface area (Å²) in [5.74, 6) is 1.12. The van der Waals surface area contributed by atoms with Crippen molar-refractivity contribution in [3.8, 4) is 17.6 Å². The van der Waals surface area contributed by atoms with Crippen LogP contribution in [0.15, 0.2) is 64.6 Å². The molecule has 0 aliphatic carbocycles.